The molecule has 0 N–H and O–H groups in total. The molecule has 0 aromatic rings. The maximum Gasteiger partial charge on any atom is 0.00207 e. The summed E-state index contributed by atoms with van der Waals surface area (Å²) in [5, 5.41) is 0. The Morgan fingerprint density at radius 1 is 1.07 bits per heavy atom. The zero-order chi connectivity index (χ0) is 9.80. The van der Waals surface area contributed by atoms with E-state index in [1.54, 1.807) is 5.57 Å². The molecule has 0 atom stereocenters. The molecule has 1 saturated carbocycles. The Bertz CT molecular complexity index is 292. The Balaban J connectivity index is 2.02. The van der Waals surface area contributed by atoms with E-state index in [0.717, 1.165) is 12.3 Å². The largest absolute Gasteiger partial charge is 0.115 e. The van der Waals surface area contributed by atoms with Crippen LogP contribution in [0.25, 0.3) is 0 Å². The third kappa shape index (κ3) is 2.10. The fraction of sp³-hybridized carbons (Fsp3) is 0.571. The molecule has 2 aliphatic rings. The Labute approximate surface area is 87.1 Å². The summed E-state index contributed by atoms with van der Waals surface area (Å²) in [7, 11) is 0. The van der Waals surface area contributed by atoms with Gasteiger partial charge < -0.3 is 0 Å². The van der Waals surface area contributed by atoms with Gasteiger partial charge in [0.2, 0.25) is 0 Å². The predicted octanol–water partition coefficient (Wildman–Crippen LogP) is 3.85. The number of hydrogen-bond donors (Lipinski definition) is 0. The Morgan fingerprint density at radius 3 is 2.43 bits per heavy atom. The molecule has 0 aliphatic heterocycles. The van der Waals surface area contributed by atoms with E-state index >= 15 is 0 Å². The molecule has 0 radical (unpaired) electrons. The molecule has 0 aromatic heterocycles. The first-order valence-electron chi connectivity index (χ1n) is 5.76. The van der Waals surface area contributed by atoms with Gasteiger partial charge in [-0.3, -0.25) is 0 Å². The van der Waals surface area contributed by atoms with Crippen molar-refractivity contribution in [2.75, 3.05) is 0 Å². The lowest BCUT2D eigenvalue weighted by Gasteiger charge is -2.25. The van der Waals surface area contributed by atoms with Gasteiger partial charge in [0.1, 0.15) is 0 Å². The summed E-state index contributed by atoms with van der Waals surface area (Å²) in [6.45, 7) is 0. The van der Waals surface area contributed by atoms with Crippen molar-refractivity contribution in [2.45, 2.75) is 44.9 Å². The van der Waals surface area contributed by atoms with E-state index in [0.29, 0.717) is 0 Å². The van der Waals surface area contributed by atoms with Gasteiger partial charge in [0.05, 0.1) is 0 Å². The fourth-order valence-corrected chi connectivity index (χ4v) is 2.59. The third-order valence-electron chi connectivity index (χ3n) is 3.50. The highest BCUT2D eigenvalue weighted by Gasteiger charge is 2.18. The zero-order valence-electron chi connectivity index (χ0n) is 8.76. The van der Waals surface area contributed by atoms with Gasteiger partial charge in [0.25, 0.3) is 0 Å². The average molecular weight is 186 g/mol. The van der Waals surface area contributed by atoms with E-state index in [-0.39, 0.29) is 0 Å². The topological polar surface area (TPSA) is 0 Å². The second-order valence-electron chi connectivity index (χ2n) is 4.41. The Morgan fingerprint density at radius 2 is 1.86 bits per heavy atom. The highest BCUT2D eigenvalue weighted by molar-refractivity contribution is 5.35. The van der Waals surface area contributed by atoms with Gasteiger partial charge >= 0.3 is 0 Å². The summed E-state index contributed by atoms with van der Waals surface area (Å²) in [6.07, 6.45) is 19.2. The smallest absolute Gasteiger partial charge is 0.00207 e. The fourth-order valence-electron chi connectivity index (χ4n) is 2.59. The van der Waals surface area contributed by atoms with Gasteiger partial charge in [-0.15, -0.1) is 6.42 Å². The molecular formula is C14H18. The van der Waals surface area contributed by atoms with Gasteiger partial charge in [-0.1, -0.05) is 42.9 Å². The van der Waals surface area contributed by atoms with Gasteiger partial charge in [-0.2, -0.15) is 0 Å². The monoisotopic (exact) mass is 186 g/mol. The molecule has 0 heteroatoms. The lowest BCUT2D eigenvalue weighted by Crippen LogP contribution is -2.10. The van der Waals surface area contributed by atoms with Crippen LogP contribution in [0.2, 0.25) is 0 Å². The molecule has 0 heterocycles. The van der Waals surface area contributed by atoms with Crippen molar-refractivity contribution in [1.29, 1.82) is 0 Å². The molecule has 14 heavy (non-hydrogen) atoms. The van der Waals surface area contributed by atoms with Crippen molar-refractivity contribution in [3.05, 3.63) is 23.3 Å². The van der Waals surface area contributed by atoms with E-state index in [9.17, 15) is 0 Å². The standard InChI is InChI=1S/C14H18/c1-2-12-8-10-14(11-9-12)13-6-4-3-5-7-13/h1,8,10,13H,3-7,9,11H2. The molecule has 0 nitrogen and oxygen atoms in total. The van der Waals surface area contributed by atoms with Gasteiger partial charge in [-0.05, 0) is 31.6 Å². The molecule has 74 valence electrons. The van der Waals surface area contributed by atoms with Crippen molar-refractivity contribution < 1.29 is 0 Å². The predicted molar refractivity (Wildman–Crippen MR) is 60.8 cm³/mol. The van der Waals surface area contributed by atoms with Crippen LogP contribution in [0.1, 0.15) is 44.9 Å². The molecule has 0 aromatic carbocycles. The molecule has 0 bridgehead atoms. The number of rotatable bonds is 1. The lowest BCUT2D eigenvalue weighted by atomic mass is 9.80. The quantitative estimate of drug-likeness (QED) is 0.546. The number of allylic oxidation sites excluding steroid dienone is 4. The first-order valence-corrected chi connectivity index (χ1v) is 5.76. The van der Waals surface area contributed by atoms with Crippen LogP contribution in [-0.4, -0.2) is 0 Å². The third-order valence-corrected chi connectivity index (χ3v) is 3.50. The van der Waals surface area contributed by atoms with E-state index in [2.05, 4.69) is 18.1 Å². The van der Waals surface area contributed by atoms with Gasteiger partial charge in [0.15, 0.2) is 0 Å². The molecule has 0 amide bonds. The number of terminal acetylenes is 1. The minimum absolute atomic E-state index is 0.874. The maximum atomic E-state index is 5.38. The van der Waals surface area contributed by atoms with Crippen molar-refractivity contribution in [3.8, 4) is 12.3 Å². The summed E-state index contributed by atoms with van der Waals surface area (Å²) >= 11 is 0. The van der Waals surface area contributed by atoms with Crippen LogP contribution in [0.15, 0.2) is 23.3 Å². The Kier molecular flexibility index (Phi) is 3.09. The lowest BCUT2D eigenvalue weighted by molar-refractivity contribution is 0.394. The molecule has 0 unspecified atom stereocenters. The summed E-state index contributed by atoms with van der Waals surface area (Å²) < 4.78 is 0. The molecule has 0 saturated heterocycles. The van der Waals surface area contributed by atoms with Gasteiger partial charge in [0, 0.05) is 5.57 Å². The normalized spacial score (nSPS) is 23.6. The minimum Gasteiger partial charge on any atom is -0.115 e. The van der Waals surface area contributed by atoms with Crippen LogP contribution in [0.3, 0.4) is 0 Å². The highest BCUT2D eigenvalue weighted by atomic mass is 14.2. The molecule has 2 rings (SSSR count). The molecule has 0 spiro atoms. The van der Waals surface area contributed by atoms with Crippen molar-refractivity contribution in [3.63, 3.8) is 0 Å². The van der Waals surface area contributed by atoms with E-state index in [1.807, 2.05) is 0 Å². The number of hydrogen-bond acceptors (Lipinski definition) is 0. The van der Waals surface area contributed by atoms with E-state index in [4.69, 9.17) is 6.42 Å². The van der Waals surface area contributed by atoms with Crippen molar-refractivity contribution >= 4 is 0 Å². The minimum atomic E-state index is 0.874. The molecular weight excluding hydrogens is 168 g/mol. The SMILES string of the molecule is C#CC1=CC=C(C2CCCCC2)CC1. The zero-order valence-corrected chi connectivity index (χ0v) is 8.76. The second-order valence-corrected chi connectivity index (χ2v) is 4.41. The van der Waals surface area contributed by atoms with Crippen molar-refractivity contribution in [1.82, 2.24) is 0 Å². The summed E-state index contributed by atoms with van der Waals surface area (Å²) in [6, 6.07) is 0. The van der Waals surface area contributed by atoms with Crippen LogP contribution < -0.4 is 0 Å². The van der Waals surface area contributed by atoms with Crippen molar-refractivity contribution in [2.24, 2.45) is 5.92 Å². The second kappa shape index (κ2) is 4.51. The summed E-state index contributed by atoms with van der Waals surface area (Å²) in [5.41, 5.74) is 2.83. The maximum absolute atomic E-state index is 5.38. The molecule has 1 fully saturated rings. The van der Waals surface area contributed by atoms with Gasteiger partial charge in [-0.25, -0.2) is 0 Å². The summed E-state index contributed by atoms with van der Waals surface area (Å²) in [4.78, 5) is 0. The molecule has 2 aliphatic carbocycles. The van der Waals surface area contributed by atoms with Crippen LogP contribution in [0, 0.1) is 18.3 Å². The van der Waals surface area contributed by atoms with Crippen LogP contribution >= 0.6 is 0 Å². The van der Waals surface area contributed by atoms with Crippen LogP contribution in [0.4, 0.5) is 0 Å². The summed E-state index contributed by atoms with van der Waals surface area (Å²) in [5.74, 6) is 3.62. The van der Waals surface area contributed by atoms with Crippen LogP contribution in [0.5, 0.6) is 0 Å². The first-order chi connectivity index (χ1) is 6.90. The first kappa shape index (κ1) is 9.59. The highest BCUT2D eigenvalue weighted by Crippen LogP contribution is 2.34. The average Bonchev–Trinajstić information content (AvgIpc) is 2.30. The van der Waals surface area contributed by atoms with Crippen LogP contribution in [-0.2, 0) is 0 Å². The van der Waals surface area contributed by atoms with E-state index < -0.39 is 0 Å². The van der Waals surface area contributed by atoms with E-state index in [1.165, 1.54) is 44.1 Å². The Hall–Kier alpha value is -0.960.